The Labute approximate surface area is 202 Å². The lowest BCUT2D eigenvalue weighted by atomic mass is 9.74. The van der Waals surface area contributed by atoms with E-state index >= 15 is 0 Å². The zero-order chi connectivity index (χ0) is 26.0. The largest absolute Gasteiger partial charge is 0.416 e. The summed E-state index contributed by atoms with van der Waals surface area (Å²) in [5.41, 5.74) is -3.72. The third kappa shape index (κ3) is 6.31. The van der Waals surface area contributed by atoms with E-state index in [1.165, 1.54) is 0 Å². The molecule has 0 spiro atoms. The van der Waals surface area contributed by atoms with E-state index in [2.05, 4.69) is 17.1 Å². The first-order valence-corrected chi connectivity index (χ1v) is 12.2. The monoisotopic (exact) mass is 508 g/mol. The number of hydrogen-bond donors (Lipinski definition) is 1. The highest BCUT2D eigenvalue weighted by Gasteiger charge is 2.49. The molecule has 1 amide bonds. The van der Waals surface area contributed by atoms with Crippen molar-refractivity contribution in [3.63, 3.8) is 0 Å². The maximum absolute atomic E-state index is 13.4. The van der Waals surface area contributed by atoms with Gasteiger partial charge in [0.15, 0.2) is 0 Å². The van der Waals surface area contributed by atoms with E-state index in [9.17, 15) is 31.1 Å². The highest BCUT2D eigenvalue weighted by molar-refractivity contribution is 5.83. The van der Waals surface area contributed by atoms with E-state index in [0.717, 1.165) is 25.8 Å². The van der Waals surface area contributed by atoms with Gasteiger partial charge >= 0.3 is 12.4 Å². The average Bonchev–Trinajstić information content (AvgIpc) is 3.24. The van der Waals surface area contributed by atoms with Crippen molar-refractivity contribution in [1.82, 2.24) is 10.2 Å². The first kappa shape index (κ1) is 27.8. The molecule has 1 aromatic carbocycles. The van der Waals surface area contributed by atoms with Crippen molar-refractivity contribution in [1.29, 1.82) is 0 Å². The fraction of sp³-hybridized carbons (Fsp3) is 0.720. The number of benzene rings is 1. The molecule has 0 radical (unpaired) electrons. The minimum atomic E-state index is -4.92. The molecule has 1 saturated carbocycles. The first-order valence-electron chi connectivity index (χ1n) is 12.2. The van der Waals surface area contributed by atoms with Gasteiger partial charge in [-0.2, -0.15) is 26.3 Å². The second-order valence-electron chi connectivity index (χ2n) is 9.98. The maximum atomic E-state index is 13.4. The normalized spacial score (nSPS) is 24.4. The molecule has 10 heteroatoms. The van der Waals surface area contributed by atoms with Gasteiger partial charge in [0.05, 0.1) is 16.5 Å². The van der Waals surface area contributed by atoms with Crippen LogP contribution in [-0.2, 0) is 28.4 Å². The molecule has 2 fully saturated rings. The van der Waals surface area contributed by atoms with Crippen molar-refractivity contribution < 1.29 is 35.9 Å². The predicted molar refractivity (Wildman–Crippen MR) is 119 cm³/mol. The smallest absolute Gasteiger partial charge is 0.381 e. The van der Waals surface area contributed by atoms with Crippen molar-refractivity contribution in [2.45, 2.75) is 83.9 Å². The summed E-state index contributed by atoms with van der Waals surface area (Å²) in [6, 6.07) is 2.01. The summed E-state index contributed by atoms with van der Waals surface area (Å²) in [7, 11) is 0. The van der Waals surface area contributed by atoms with Gasteiger partial charge in [-0.1, -0.05) is 20.8 Å². The van der Waals surface area contributed by atoms with Crippen LogP contribution in [0.2, 0.25) is 0 Å². The van der Waals surface area contributed by atoms with Gasteiger partial charge in [0, 0.05) is 31.8 Å². The number of halogens is 6. The van der Waals surface area contributed by atoms with E-state index < -0.39 is 35.4 Å². The molecule has 1 heterocycles. The Kier molecular flexibility index (Phi) is 8.46. The van der Waals surface area contributed by atoms with Crippen LogP contribution >= 0.6 is 0 Å². The van der Waals surface area contributed by atoms with E-state index in [4.69, 9.17) is 4.74 Å². The molecule has 0 bridgehead atoms. The Bertz CT molecular complexity index is 847. The lowest BCUT2D eigenvalue weighted by molar-refractivity contribution is -0.143. The standard InChI is InChI=1S/C25H34F6N2O2/c1-4-33(20-6-9-35-10-7-20)21-5-8-23(14-21,16(2)3)22(34)32-15-17-11-18(24(26,27)28)13-19(12-17)25(29,30)31/h11-13,16,20-21H,4-10,14-15H2,1-3H3,(H,32,34)/t21?,23-/m0/s1. The van der Waals surface area contributed by atoms with Gasteiger partial charge in [0.1, 0.15) is 0 Å². The lowest BCUT2D eigenvalue weighted by Crippen LogP contribution is -2.47. The van der Waals surface area contributed by atoms with Crippen molar-refractivity contribution in [2.75, 3.05) is 19.8 Å². The third-order valence-electron chi connectivity index (χ3n) is 7.68. The minimum absolute atomic E-state index is 0.0341. The van der Waals surface area contributed by atoms with E-state index in [1.807, 2.05) is 13.8 Å². The molecule has 35 heavy (non-hydrogen) atoms. The first-order chi connectivity index (χ1) is 16.3. The summed E-state index contributed by atoms with van der Waals surface area (Å²) in [5.74, 6) is -0.350. The summed E-state index contributed by atoms with van der Waals surface area (Å²) >= 11 is 0. The predicted octanol–water partition coefficient (Wildman–Crippen LogP) is 6.04. The Hall–Kier alpha value is -1.81. The molecule has 1 N–H and O–H groups in total. The molecule has 2 aliphatic rings. The Morgan fingerprint density at radius 2 is 1.60 bits per heavy atom. The Balaban J connectivity index is 1.76. The molecule has 1 aromatic rings. The number of ether oxygens (including phenoxy) is 1. The number of rotatable bonds is 7. The molecule has 1 saturated heterocycles. The van der Waals surface area contributed by atoms with Crippen LogP contribution < -0.4 is 5.32 Å². The number of nitrogens with zero attached hydrogens (tertiary/aromatic N) is 1. The van der Waals surface area contributed by atoms with Crippen LogP contribution in [0, 0.1) is 11.3 Å². The zero-order valence-electron chi connectivity index (χ0n) is 20.4. The molecule has 1 unspecified atom stereocenters. The van der Waals surface area contributed by atoms with Crippen LogP contribution in [0.4, 0.5) is 26.3 Å². The molecule has 1 aliphatic carbocycles. The van der Waals surface area contributed by atoms with Crippen molar-refractivity contribution in [3.8, 4) is 0 Å². The molecule has 198 valence electrons. The van der Waals surface area contributed by atoms with Gasteiger partial charge in [-0.25, -0.2) is 0 Å². The van der Waals surface area contributed by atoms with E-state index in [-0.39, 0.29) is 29.5 Å². The topological polar surface area (TPSA) is 41.6 Å². The average molecular weight is 509 g/mol. The number of nitrogens with one attached hydrogen (secondary N) is 1. The highest BCUT2D eigenvalue weighted by Crippen LogP contribution is 2.47. The summed E-state index contributed by atoms with van der Waals surface area (Å²) in [4.78, 5) is 15.8. The van der Waals surface area contributed by atoms with Crippen LogP contribution in [-0.4, -0.2) is 42.6 Å². The van der Waals surface area contributed by atoms with Crippen molar-refractivity contribution >= 4 is 5.91 Å². The number of alkyl halides is 6. The molecule has 3 rings (SSSR count). The summed E-state index contributed by atoms with van der Waals surface area (Å²) in [6.07, 6.45) is -5.93. The fourth-order valence-corrected chi connectivity index (χ4v) is 5.64. The Morgan fingerprint density at radius 3 is 2.09 bits per heavy atom. The molecule has 2 atom stereocenters. The second kappa shape index (κ2) is 10.7. The highest BCUT2D eigenvalue weighted by atomic mass is 19.4. The zero-order valence-corrected chi connectivity index (χ0v) is 20.4. The molecular formula is C25H34F6N2O2. The summed E-state index contributed by atoms with van der Waals surface area (Å²) in [5, 5.41) is 2.67. The minimum Gasteiger partial charge on any atom is -0.381 e. The maximum Gasteiger partial charge on any atom is 0.416 e. The van der Waals surface area contributed by atoms with Crippen LogP contribution in [0.25, 0.3) is 0 Å². The van der Waals surface area contributed by atoms with E-state index in [0.29, 0.717) is 44.2 Å². The second-order valence-corrected chi connectivity index (χ2v) is 9.98. The lowest BCUT2D eigenvalue weighted by Gasteiger charge is -2.39. The number of amides is 1. The Morgan fingerprint density at radius 1 is 1.03 bits per heavy atom. The molecular weight excluding hydrogens is 474 g/mol. The van der Waals surface area contributed by atoms with Gasteiger partial charge in [0.2, 0.25) is 5.91 Å². The quantitative estimate of drug-likeness (QED) is 0.457. The van der Waals surface area contributed by atoms with Gasteiger partial charge in [-0.15, -0.1) is 0 Å². The van der Waals surface area contributed by atoms with Gasteiger partial charge in [-0.3, -0.25) is 9.69 Å². The van der Waals surface area contributed by atoms with Crippen molar-refractivity contribution in [2.24, 2.45) is 11.3 Å². The van der Waals surface area contributed by atoms with Crippen LogP contribution in [0.15, 0.2) is 18.2 Å². The fourth-order valence-electron chi connectivity index (χ4n) is 5.64. The SMILES string of the molecule is CCN(C1CCOCC1)C1CC[C@@](C(=O)NCc2cc(C(F)(F)F)cc(C(F)(F)F)c2)(C(C)C)C1. The number of carbonyl (C=O) groups excluding carboxylic acids is 1. The molecule has 4 nitrogen and oxygen atoms in total. The number of hydrogen-bond acceptors (Lipinski definition) is 3. The van der Waals surface area contributed by atoms with Crippen LogP contribution in [0.1, 0.15) is 69.6 Å². The third-order valence-corrected chi connectivity index (χ3v) is 7.68. The van der Waals surface area contributed by atoms with E-state index in [1.54, 1.807) is 0 Å². The van der Waals surface area contributed by atoms with Gasteiger partial charge in [0.25, 0.3) is 0 Å². The summed E-state index contributed by atoms with van der Waals surface area (Å²) < 4.78 is 84.6. The van der Waals surface area contributed by atoms with Gasteiger partial charge in [-0.05, 0) is 68.3 Å². The van der Waals surface area contributed by atoms with Gasteiger partial charge < -0.3 is 10.1 Å². The molecule has 0 aromatic heterocycles. The molecule has 1 aliphatic heterocycles. The number of carbonyl (C=O) groups is 1. The van der Waals surface area contributed by atoms with Crippen molar-refractivity contribution in [3.05, 3.63) is 34.9 Å². The van der Waals surface area contributed by atoms with Crippen LogP contribution in [0.5, 0.6) is 0 Å². The summed E-state index contributed by atoms with van der Waals surface area (Å²) in [6.45, 7) is 7.84. The van der Waals surface area contributed by atoms with Crippen LogP contribution in [0.3, 0.4) is 0 Å².